The number of hydrogen-bond acceptors (Lipinski definition) is 6. The second kappa shape index (κ2) is 6.02. The molecule has 0 aromatic carbocycles. The summed E-state index contributed by atoms with van der Waals surface area (Å²) in [7, 11) is 1.70. The maximum Gasteiger partial charge on any atom is 0.0773 e. The van der Waals surface area contributed by atoms with Gasteiger partial charge in [0.2, 0.25) is 0 Å². The van der Waals surface area contributed by atoms with Crippen LogP contribution in [-0.4, -0.2) is 23.3 Å². The molecule has 0 saturated heterocycles. The van der Waals surface area contributed by atoms with E-state index in [1.54, 1.807) is 7.11 Å². The van der Waals surface area contributed by atoms with Gasteiger partial charge in [0.1, 0.15) is 0 Å². The van der Waals surface area contributed by atoms with Crippen LogP contribution in [0.1, 0.15) is 29.5 Å². The minimum Gasteiger partial charge on any atom is -0.385 e. The second-order valence-electron chi connectivity index (χ2n) is 3.08. The lowest BCUT2D eigenvalue weighted by Gasteiger charge is -2.13. The summed E-state index contributed by atoms with van der Waals surface area (Å²) < 4.78 is 8.87. The van der Waals surface area contributed by atoms with Gasteiger partial charge in [-0.05, 0) is 31.3 Å². The highest BCUT2D eigenvalue weighted by Gasteiger charge is 2.14. The topological polar surface area (TPSA) is 73.1 Å². The summed E-state index contributed by atoms with van der Waals surface area (Å²) in [6, 6.07) is 0.144. The molecule has 0 bridgehead atoms. The number of hydrazine groups is 1. The second-order valence-corrected chi connectivity index (χ2v) is 3.86. The van der Waals surface area contributed by atoms with Gasteiger partial charge in [-0.2, -0.15) is 0 Å². The highest BCUT2D eigenvalue weighted by Crippen LogP contribution is 2.22. The molecule has 0 fully saturated rings. The van der Waals surface area contributed by atoms with Crippen molar-refractivity contribution in [2.45, 2.75) is 25.8 Å². The van der Waals surface area contributed by atoms with Crippen LogP contribution in [0.25, 0.3) is 0 Å². The molecular formula is C8H16N4OS. The lowest BCUT2D eigenvalue weighted by molar-refractivity contribution is 0.189. The molecule has 1 aromatic rings. The van der Waals surface area contributed by atoms with E-state index >= 15 is 0 Å². The molecule has 1 rings (SSSR count). The van der Waals surface area contributed by atoms with Crippen LogP contribution in [0.15, 0.2) is 0 Å². The minimum atomic E-state index is 0.144. The monoisotopic (exact) mass is 216 g/mol. The number of rotatable bonds is 6. The summed E-state index contributed by atoms with van der Waals surface area (Å²) in [6.07, 6.45) is 1.91. The zero-order chi connectivity index (χ0) is 10.4. The SMILES string of the molecule is COCCCC(NN)c1snnc1C. The average Bonchev–Trinajstić information content (AvgIpc) is 2.60. The van der Waals surface area contributed by atoms with E-state index in [9.17, 15) is 0 Å². The smallest absolute Gasteiger partial charge is 0.0773 e. The van der Waals surface area contributed by atoms with Crippen molar-refractivity contribution >= 4 is 11.5 Å². The van der Waals surface area contributed by atoms with E-state index in [1.807, 2.05) is 6.92 Å². The summed E-state index contributed by atoms with van der Waals surface area (Å²) in [5, 5.41) is 3.96. The van der Waals surface area contributed by atoms with Crippen LogP contribution in [-0.2, 0) is 4.74 Å². The third-order valence-corrected chi connectivity index (χ3v) is 2.99. The van der Waals surface area contributed by atoms with Crippen molar-refractivity contribution in [3.8, 4) is 0 Å². The molecular weight excluding hydrogens is 200 g/mol. The fourth-order valence-corrected chi connectivity index (χ4v) is 2.02. The van der Waals surface area contributed by atoms with Gasteiger partial charge in [0.05, 0.1) is 16.6 Å². The lowest BCUT2D eigenvalue weighted by atomic mass is 10.1. The molecule has 5 nitrogen and oxygen atoms in total. The molecule has 6 heteroatoms. The van der Waals surface area contributed by atoms with Gasteiger partial charge in [0, 0.05) is 13.7 Å². The molecule has 0 aliphatic heterocycles. The molecule has 0 aliphatic carbocycles. The van der Waals surface area contributed by atoms with E-state index in [0.717, 1.165) is 30.0 Å². The molecule has 3 N–H and O–H groups in total. The number of nitrogens with zero attached hydrogens (tertiary/aromatic N) is 2. The quantitative estimate of drug-likeness (QED) is 0.417. The Balaban J connectivity index is 2.50. The standard InChI is InChI=1S/C8H16N4OS/c1-6-8(14-12-11-6)7(10-9)4-3-5-13-2/h7,10H,3-5,9H2,1-2H3. The largest absolute Gasteiger partial charge is 0.385 e. The molecule has 0 aliphatic rings. The van der Waals surface area contributed by atoms with Crippen LogP contribution in [0.4, 0.5) is 0 Å². The van der Waals surface area contributed by atoms with Gasteiger partial charge in [-0.3, -0.25) is 11.3 Å². The summed E-state index contributed by atoms with van der Waals surface area (Å²) in [4.78, 5) is 1.11. The van der Waals surface area contributed by atoms with E-state index in [-0.39, 0.29) is 6.04 Å². The van der Waals surface area contributed by atoms with Crippen molar-refractivity contribution in [3.63, 3.8) is 0 Å². The maximum atomic E-state index is 5.48. The normalized spacial score (nSPS) is 13.1. The van der Waals surface area contributed by atoms with Crippen LogP contribution >= 0.6 is 11.5 Å². The first-order valence-electron chi connectivity index (χ1n) is 4.53. The fourth-order valence-electron chi connectivity index (χ4n) is 1.28. The molecule has 1 heterocycles. The van der Waals surface area contributed by atoms with E-state index in [4.69, 9.17) is 10.6 Å². The van der Waals surface area contributed by atoms with Gasteiger partial charge in [0.25, 0.3) is 0 Å². The van der Waals surface area contributed by atoms with Crippen molar-refractivity contribution in [1.82, 2.24) is 15.0 Å². The Morgan fingerprint density at radius 3 is 2.93 bits per heavy atom. The molecule has 0 radical (unpaired) electrons. The number of aromatic nitrogens is 2. The van der Waals surface area contributed by atoms with Crippen LogP contribution in [0.3, 0.4) is 0 Å². The van der Waals surface area contributed by atoms with Crippen LogP contribution in [0, 0.1) is 6.92 Å². The third kappa shape index (κ3) is 2.98. The van der Waals surface area contributed by atoms with Gasteiger partial charge in [-0.25, -0.2) is 0 Å². The summed E-state index contributed by atoms with van der Waals surface area (Å²) in [5.74, 6) is 5.48. The molecule has 1 aromatic heterocycles. The third-order valence-electron chi connectivity index (χ3n) is 2.05. The predicted molar refractivity (Wildman–Crippen MR) is 55.8 cm³/mol. The Morgan fingerprint density at radius 1 is 1.64 bits per heavy atom. The highest BCUT2D eigenvalue weighted by atomic mass is 32.1. The first-order valence-corrected chi connectivity index (χ1v) is 5.30. The first kappa shape index (κ1) is 11.5. The number of aryl methyl sites for hydroxylation is 1. The zero-order valence-corrected chi connectivity index (χ0v) is 9.30. The first-order chi connectivity index (χ1) is 6.79. The van der Waals surface area contributed by atoms with Gasteiger partial charge < -0.3 is 4.74 Å². The minimum absolute atomic E-state index is 0.144. The highest BCUT2D eigenvalue weighted by molar-refractivity contribution is 7.05. The van der Waals surface area contributed by atoms with Crippen molar-refractivity contribution in [2.75, 3.05) is 13.7 Å². The van der Waals surface area contributed by atoms with Crippen molar-refractivity contribution < 1.29 is 4.74 Å². The molecule has 1 unspecified atom stereocenters. The van der Waals surface area contributed by atoms with Crippen LogP contribution in [0.2, 0.25) is 0 Å². The Bertz CT molecular complexity index is 266. The molecule has 0 spiro atoms. The lowest BCUT2D eigenvalue weighted by Crippen LogP contribution is -2.28. The summed E-state index contributed by atoms with van der Waals surface area (Å²) in [5.41, 5.74) is 3.73. The Labute approximate surface area is 87.8 Å². The van der Waals surface area contributed by atoms with Crippen LogP contribution < -0.4 is 11.3 Å². The van der Waals surface area contributed by atoms with Gasteiger partial charge >= 0.3 is 0 Å². The zero-order valence-electron chi connectivity index (χ0n) is 8.49. The summed E-state index contributed by atoms with van der Waals surface area (Å²) in [6.45, 7) is 2.70. The molecule has 14 heavy (non-hydrogen) atoms. The number of nitrogens with one attached hydrogen (secondary N) is 1. The van der Waals surface area contributed by atoms with Gasteiger partial charge in [-0.15, -0.1) is 5.10 Å². The molecule has 0 saturated carbocycles. The number of methoxy groups -OCH3 is 1. The van der Waals surface area contributed by atoms with E-state index < -0.39 is 0 Å². The fraction of sp³-hybridized carbons (Fsp3) is 0.750. The number of nitrogens with two attached hydrogens (primary N) is 1. The average molecular weight is 216 g/mol. The Morgan fingerprint density at radius 2 is 2.43 bits per heavy atom. The number of hydrogen-bond donors (Lipinski definition) is 2. The van der Waals surface area contributed by atoms with Crippen molar-refractivity contribution in [2.24, 2.45) is 5.84 Å². The van der Waals surface area contributed by atoms with Gasteiger partial charge in [-0.1, -0.05) is 4.49 Å². The van der Waals surface area contributed by atoms with E-state index in [0.29, 0.717) is 0 Å². The van der Waals surface area contributed by atoms with Gasteiger partial charge in [0.15, 0.2) is 0 Å². The summed E-state index contributed by atoms with van der Waals surface area (Å²) >= 11 is 1.40. The van der Waals surface area contributed by atoms with Crippen LogP contribution in [0.5, 0.6) is 0 Å². The molecule has 1 atom stereocenters. The molecule has 80 valence electrons. The Hall–Kier alpha value is -0.560. The van der Waals surface area contributed by atoms with Crippen molar-refractivity contribution in [3.05, 3.63) is 10.6 Å². The Kier molecular flexibility index (Phi) is 4.95. The molecule has 0 amide bonds. The predicted octanol–water partition coefficient (Wildman–Crippen LogP) is 0.778. The van der Waals surface area contributed by atoms with Crippen molar-refractivity contribution in [1.29, 1.82) is 0 Å². The van der Waals surface area contributed by atoms with E-state index in [1.165, 1.54) is 11.5 Å². The number of ether oxygens (including phenoxy) is 1. The van der Waals surface area contributed by atoms with E-state index in [2.05, 4.69) is 15.0 Å². The maximum absolute atomic E-state index is 5.48.